The molecule has 7 aromatic rings. The van der Waals surface area contributed by atoms with Gasteiger partial charge in [0.25, 0.3) is 45.9 Å². The fourth-order valence-corrected chi connectivity index (χ4v) is 13.6. The highest BCUT2D eigenvalue weighted by Gasteiger charge is 2.48. The molecule has 34 heteroatoms. The number of primary amides is 1. The molecule has 0 saturated heterocycles. The Morgan fingerprint density at radius 1 is 0.438 bits per heavy atom. The summed E-state index contributed by atoms with van der Waals surface area (Å²) in [6, 6.07) is 17.0. The van der Waals surface area contributed by atoms with Crippen LogP contribution in [0.5, 0.6) is 0 Å². The number of nitrogens with zero attached hydrogens (tertiary/aromatic N) is 9. The molecule has 17 rings (SSSR count). The Morgan fingerprint density at radius 2 is 0.781 bits per heavy atom. The Hall–Kier alpha value is -11.0. The Morgan fingerprint density at radius 3 is 1.12 bits per heavy atom. The van der Waals surface area contributed by atoms with E-state index < -0.39 is 28.5 Å². The van der Waals surface area contributed by atoms with Gasteiger partial charge in [0.1, 0.15) is 121 Å². The molecule has 10 aliphatic rings. The first-order valence-electron chi connectivity index (χ1n) is 33.8. The number of nitrogens with one attached hydrogen (secondary N) is 9. The third-order valence-corrected chi connectivity index (χ3v) is 19.5. The number of hydrogen-bond donors (Lipinski definition) is 11. The van der Waals surface area contributed by atoms with Gasteiger partial charge >= 0.3 is 0 Å². The van der Waals surface area contributed by atoms with Gasteiger partial charge in [0, 0.05) is 48.8 Å². The number of nitrogen functional groups attached to an aromatic ring is 1. The molecule has 105 heavy (non-hydrogen) atoms. The summed E-state index contributed by atoms with van der Waals surface area (Å²) in [5.41, 5.74) is 9.17. The van der Waals surface area contributed by atoms with Crippen LogP contribution in [0.25, 0.3) is 0 Å². The predicted molar refractivity (Wildman–Crippen MR) is 394 cm³/mol. The third-order valence-electron chi connectivity index (χ3n) is 18.9. The summed E-state index contributed by atoms with van der Waals surface area (Å²) in [5.74, 6) is 1.85. The maximum absolute atomic E-state index is 13.1. The van der Waals surface area contributed by atoms with Crippen LogP contribution in [0.2, 0.25) is 10.0 Å². The molecule has 7 aromatic heterocycles. The molecule has 7 amide bonds. The Labute approximate surface area is 612 Å². The summed E-state index contributed by atoms with van der Waals surface area (Å²) in [4.78, 5) is 167. The zero-order chi connectivity index (χ0) is 72.0. The van der Waals surface area contributed by atoms with E-state index in [0.717, 1.165) is 141 Å². The lowest BCUT2D eigenvalue weighted by atomic mass is 10.1. The molecule has 0 radical (unpaired) electrons. The standard InChI is InChI=1S/2C19H20N6O3.C11H11ClN2O2.C8H10N4O.C6H5ClN2O2.C5H8O.3CH4/c2*26-16(11-3-4-11)23-15-9-14(20-10-21-15)22-12-5-6-13-17(27)24-19(7-1-2-8-19)25(13)18(12)28;12-7-3-4-8-9(15)13-11(5-1-2-6-11)14(8)10(7)16;9-6-3-7(11-4-10-6)12-8(13)5-1-2-5;7-3-1-2-4(5(8)10)9-6(3)11;6-5-3-1-2-4-5;;;/h2*5-6,9-11H,1-4,7-8H2,(H,24,27)(H2,20,21,22,23,26);3-4H,1-2,5-6H2,(H,13,15);3-5H,1-2H2,(H3,9,10,11,12,13);1-2H,(H2,8,10)(H,9,11);1-4H2;3*1H4. The molecule has 0 aromatic carbocycles. The SMILES string of the molecule is C.C.C.NC(=O)c1ccc(Cl)c(=O)[nH]1.Nc1cc(NC(=O)C2CC2)ncn1.O=C1CCCC1.O=C1NC2(CCCC2)n2c1ccc(Cl)c2=O.O=C1NC2(CCCC2)n2c1ccc(Nc1cc(NC(=O)C3CC3)ncn1)c2=O.O=C1NC2(CCCC2)n2c1ccc(Nc1cc(NC(=O)C3CC3)ncn1)c2=O. The van der Waals surface area contributed by atoms with Crippen molar-refractivity contribution in [1.29, 1.82) is 0 Å². The van der Waals surface area contributed by atoms with Gasteiger partial charge < -0.3 is 59.0 Å². The number of amides is 7. The van der Waals surface area contributed by atoms with Gasteiger partial charge in [-0.15, -0.1) is 0 Å². The highest BCUT2D eigenvalue weighted by molar-refractivity contribution is 6.30. The van der Waals surface area contributed by atoms with Crippen molar-refractivity contribution in [3.8, 4) is 0 Å². The number of hydrogen-bond acceptors (Lipinski definition) is 21. The summed E-state index contributed by atoms with van der Waals surface area (Å²) < 4.78 is 4.72. The number of carbonyl (C=O) groups is 8. The number of halogens is 2. The molecular formula is C71H86Cl2N20O12. The second kappa shape index (κ2) is 33.2. The first-order valence-corrected chi connectivity index (χ1v) is 34.6. The van der Waals surface area contributed by atoms with Crippen molar-refractivity contribution in [2.75, 3.05) is 32.3 Å². The maximum Gasteiger partial charge on any atom is 0.276 e. The fraction of sp³-hybridized carbons (Fsp3) is 0.437. The van der Waals surface area contributed by atoms with E-state index in [1.54, 1.807) is 62.2 Å². The maximum atomic E-state index is 13.1. The Kier molecular flexibility index (Phi) is 24.7. The van der Waals surface area contributed by atoms with Crippen LogP contribution in [0.15, 0.2) is 105 Å². The molecule has 556 valence electrons. The quantitative estimate of drug-likeness (QED) is 0.0578. The first kappa shape index (κ1) is 78.1. The van der Waals surface area contributed by atoms with Crippen molar-refractivity contribution < 1.29 is 38.4 Å². The van der Waals surface area contributed by atoms with Gasteiger partial charge in [0.15, 0.2) is 0 Å². The summed E-state index contributed by atoms with van der Waals surface area (Å²) >= 11 is 11.2. The second-order valence-corrected chi connectivity index (χ2v) is 27.3. The van der Waals surface area contributed by atoms with Crippen molar-refractivity contribution >= 4 is 117 Å². The number of carbonyl (C=O) groups excluding carboxylic acids is 8. The highest BCUT2D eigenvalue weighted by atomic mass is 35.5. The minimum atomic E-state index is -0.682. The monoisotopic (exact) mass is 1480 g/mol. The molecule has 13 N–H and O–H groups in total. The minimum Gasteiger partial charge on any atom is -0.384 e. The lowest BCUT2D eigenvalue weighted by Crippen LogP contribution is -2.45. The van der Waals surface area contributed by atoms with Crippen LogP contribution in [-0.2, 0) is 36.2 Å². The smallest absolute Gasteiger partial charge is 0.276 e. The number of pyridine rings is 4. The predicted octanol–water partition coefficient (Wildman–Crippen LogP) is 8.45. The fourth-order valence-electron chi connectivity index (χ4n) is 13.3. The van der Waals surface area contributed by atoms with Gasteiger partial charge in [0.2, 0.25) is 17.7 Å². The van der Waals surface area contributed by atoms with Crippen LogP contribution in [0.3, 0.4) is 0 Å². The zero-order valence-electron chi connectivity index (χ0n) is 55.2. The lowest BCUT2D eigenvalue weighted by Gasteiger charge is -2.26. The topological polar surface area (TPSA) is 461 Å². The number of aromatic nitrogens is 10. The number of H-pyrrole nitrogens is 1. The lowest BCUT2D eigenvalue weighted by molar-refractivity contribution is -0.118. The van der Waals surface area contributed by atoms with Crippen LogP contribution >= 0.6 is 23.2 Å². The van der Waals surface area contributed by atoms with Crippen molar-refractivity contribution in [3.63, 3.8) is 0 Å². The molecule has 7 aliphatic carbocycles. The van der Waals surface area contributed by atoms with Gasteiger partial charge in [-0.05, 0) is 177 Å². The number of aromatic amines is 1. The average molecular weight is 1480 g/mol. The molecule has 7 saturated carbocycles. The number of nitrogens with two attached hydrogens (primary N) is 2. The van der Waals surface area contributed by atoms with Crippen LogP contribution in [0.1, 0.15) is 205 Å². The van der Waals surface area contributed by atoms with E-state index in [0.29, 0.717) is 69.1 Å². The molecule has 0 atom stereocenters. The number of rotatable bonds is 11. The zero-order valence-corrected chi connectivity index (χ0v) is 56.7. The Bertz CT molecular complexity index is 4560. The molecule has 7 fully saturated rings. The van der Waals surface area contributed by atoms with Crippen LogP contribution in [0, 0.1) is 17.8 Å². The second-order valence-electron chi connectivity index (χ2n) is 26.4. The number of fused-ring (bicyclic) bond motifs is 6. The Balaban J connectivity index is 0.000000154. The van der Waals surface area contributed by atoms with Crippen LogP contribution < -0.4 is 76.2 Å². The molecule has 3 aliphatic heterocycles. The molecule has 3 spiro atoms. The van der Waals surface area contributed by atoms with Crippen molar-refractivity contribution in [3.05, 3.63) is 160 Å². The van der Waals surface area contributed by atoms with Gasteiger partial charge in [-0.1, -0.05) is 45.5 Å². The number of ketones is 1. The molecule has 10 heterocycles. The summed E-state index contributed by atoms with van der Waals surface area (Å²) in [6.07, 6.45) is 24.1. The van der Waals surface area contributed by atoms with Gasteiger partial charge in [0.05, 0.1) is 0 Å². The van der Waals surface area contributed by atoms with Crippen LogP contribution in [0.4, 0.5) is 46.3 Å². The van der Waals surface area contributed by atoms with E-state index in [-0.39, 0.29) is 108 Å². The van der Waals surface area contributed by atoms with Gasteiger partial charge in [-0.2, -0.15) is 0 Å². The van der Waals surface area contributed by atoms with E-state index in [9.17, 15) is 57.5 Å². The molecular weight excluding hydrogens is 1400 g/mol. The van der Waals surface area contributed by atoms with Gasteiger partial charge in [-0.25, -0.2) is 29.9 Å². The minimum absolute atomic E-state index is 0. The van der Waals surface area contributed by atoms with Crippen LogP contribution in [-0.4, -0.2) is 95.7 Å². The normalized spacial score (nSPS) is 17.7. The summed E-state index contributed by atoms with van der Waals surface area (Å²) in [5, 5.41) is 23.3. The van der Waals surface area contributed by atoms with E-state index >= 15 is 0 Å². The van der Waals surface area contributed by atoms with Crippen molar-refractivity contribution in [2.45, 2.75) is 181 Å². The van der Waals surface area contributed by atoms with E-state index in [2.05, 4.69) is 77.4 Å². The third kappa shape index (κ3) is 18.0. The van der Waals surface area contributed by atoms with Gasteiger partial charge in [-0.3, -0.25) is 71.2 Å². The first-order chi connectivity index (χ1) is 49.0. The summed E-state index contributed by atoms with van der Waals surface area (Å²) in [7, 11) is 0. The van der Waals surface area contributed by atoms with Crippen molar-refractivity contribution in [2.24, 2.45) is 23.5 Å². The summed E-state index contributed by atoms with van der Waals surface area (Å²) in [6.45, 7) is 0. The van der Waals surface area contributed by atoms with Crippen molar-refractivity contribution in [1.82, 2.24) is 64.5 Å². The molecule has 32 nitrogen and oxygen atoms in total. The average Bonchev–Trinajstić information content (AvgIpc) is 1.60. The largest absolute Gasteiger partial charge is 0.384 e. The number of anilines is 8. The van der Waals surface area contributed by atoms with E-state index in [1.807, 2.05) is 0 Å². The number of Topliss-reactive ketones (excluding diaryl/α,β-unsaturated/α-hetero) is 1. The highest BCUT2D eigenvalue weighted by Crippen LogP contribution is 2.41. The van der Waals surface area contributed by atoms with E-state index in [4.69, 9.17) is 34.7 Å². The van der Waals surface area contributed by atoms with E-state index in [1.165, 1.54) is 37.2 Å². The molecule has 0 unspecified atom stereocenters. The molecule has 0 bridgehead atoms.